The van der Waals surface area contributed by atoms with Crippen LogP contribution in [0.3, 0.4) is 0 Å². The summed E-state index contributed by atoms with van der Waals surface area (Å²) in [5, 5.41) is 4.69. The summed E-state index contributed by atoms with van der Waals surface area (Å²) in [6.07, 6.45) is 2.16. The first-order chi connectivity index (χ1) is 9.53. The molecule has 1 aromatic heterocycles. The molecule has 0 aromatic carbocycles. The van der Waals surface area contributed by atoms with E-state index in [-0.39, 0.29) is 0 Å². The van der Waals surface area contributed by atoms with Gasteiger partial charge in [0.05, 0.1) is 15.9 Å². The maximum Gasteiger partial charge on any atom is 0.0767 e. The van der Waals surface area contributed by atoms with Crippen LogP contribution in [0, 0.1) is 0 Å². The maximum atomic E-state index is 4.69. The van der Waals surface area contributed by atoms with Crippen molar-refractivity contribution in [3.8, 4) is 0 Å². The first-order valence-electron chi connectivity index (χ1n) is 7.64. The van der Waals surface area contributed by atoms with Gasteiger partial charge in [0, 0.05) is 26.2 Å². The summed E-state index contributed by atoms with van der Waals surface area (Å²) >= 11 is 3.74. The Kier molecular flexibility index (Phi) is 7.77. The van der Waals surface area contributed by atoms with E-state index in [1.54, 1.807) is 0 Å². The van der Waals surface area contributed by atoms with E-state index in [0.717, 1.165) is 39.1 Å². The van der Waals surface area contributed by atoms with Crippen molar-refractivity contribution in [3.05, 3.63) is 15.9 Å². The number of aromatic nitrogens is 2. The van der Waals surface area contributed by atoms with E-state index in [9.17, 15) is 0 Å². The van der Waals surface area contributed by atoms with Crippen LogP contribution >= 0.6 is 15.9 Å². The molecule has 1 heterocycles. The predicted octanol–water partition coefficient (Wildman–Crippen LogP) is 3.00. The van der Waals surface area contributed by atoms with Crippen molar-refractivity contribution >= 4 is 15.9 Å². The van der Waals surface area contributed by atoms with Gasteiger partial charge in [-0.1, -0.05) is 13.8 Å². The monoisotopic (exact) mass is 344 g/mol. The SMILES string of the molecule is CCCN(CCN(C)C)Cc1c(Br)c(CC)nn1CC. The highest BCUT2D eigenvalue weighted by atomic mass is 79.9. The molecule has 0 unspecified atom stereocenters. The molecule has 0 saturated carbocycles. The molecule has 0 amide bonds. The topological polar surface area (TPSA) is 24.3 Å². The fourth-order valence-electron chi connectivity index (χ4n) is 2.31. The smallest absolute Gasteiger partial charge is 0.0767 e. The zero-order valence-electron chi connectivity index (χ0n) is 13.6. The highest BCUT2D eigenvalue weighted by Crippen LogP contribution is 2.23. The number of halogens is 1. The van der Waals surface area contributed by atoms with Crippen molar-refractivity contribution in [3.63, 3.8) is 0 Å². The van der Waals surface area contributed by atoms with E-state index < -0.39 is 0 Å². The number of hydrogen-bond donors (Lipinski definition) is 0. The van der Waals surface area contributed by atoms with Crippen molar-refractivity contribution < 1.29 is 0 Å². The molecule has 1 rings (SSSR count). The molecule has 0 aliphatic rings. The standard InChI is InChI=1S/C15H29BrN4/c1-6-9-19(11-10-18(4)5)12-14-15(16)13(7-2)17-20(14)8-3/h6-12H2,1-5H3. The minimum Gasteiger partial charge on any atom is -0.308 e. The Balaban J connectivity index is 2.83. The molecule has 0 radical (unpaired) electrons. The molecule has 116 valence electrons. The predicted molar refractivity (Wildman–Crippen MR) is 89.1 cm³/mol. The van der Waals surface area contributed by atoms with E-state index in [2.05, 4.69) is 70.4 Å². The normalized spacial score (nSPS) is 11.8. The lowest BCUT2D eigenvalue weighted by atomic mass is 10.2. The van der Waals surface area contributed by atoms with Crippen LogP contribution in [0.1, 0.15) is 38.6 Å². The van der Waals surface area contributed by atoms with Gasteiger partial charge in [0.2, 0.25) is 0 Å². The third-order valence-corrected chi connectivity index (χ3v) is 4.39. The second kappa shape index (κ2) is 8.80. The van der Waals surface area contributed by atoms with Crippen molar-refractivity contribution in [2.75, 3.05) is 33.7 Å². The van der Waals surface area contributed by atoms with Crippen LogP contribution in [0.5, 0.6) is 0 Å². The van der Waals surface area contributed by atoms with Crippen molar-refractivity contribution in [1.82, 2.24) is 19.6 Å². The Bertz CT molecular complexity index is 401. The lowest BCUT2D eigenvalue weighted by molar-refractivity contribution is 0.228. The summed E-state index contributed by atoms with van der Waals surface area (Å²) in [6, 6.07) is 0. The van der Waals surface area contributed by atoms with Crippen LogP contribution in [0.4, 0.5) is 0 Å². The lowest BCUT2D eigenvalue weighted by Gasteiger charge is -2.24. The van der Waals surface area contributed by atoms with Gasteiger partial charge in [-0.25, -0.2) is 0 Å². The number of rotatable bonds is 9. The van der Waals surface area contributed by atoms with Gasteiger partial charge >= 0.3 is 0 Å². The average Bonchev–Trinajstić information content (AvgIpc) is 2.72. The Labute approximate surface area is 132 Å². The molecular weight excluding hydrogens is 316 g/mol. The summed E-state index contributed by atoms with van der Waals surface area (Å²) in [4.78, 5) is 4.76. The summed E-state index contributed by atoms with van der Waals surface area (Å²) in [6.45, 7) is 11.8. The number of aryl methyl sites for hydroxylation is 2. The molecule has 0 saturated heterocycles. The average molecular weight is 345 g/mol. The molecule has 20 heavy (non-hydrogen) atoms. The molecule has 0 fully saturated rings. The Morgan fingerprint density at radius 3 is 2.30 bits per heavy atom. The first kappa shape index (κ1) is 17.7. The molecule has 0 N–H and O–H groups in total. The quantitative estimate of drug-likeness (QED) is 0.688. The highest BCUT2D eigenvalue weighted by Gasteiger charge is 2.16. The fraction of sp³-hybridized carbons (Fsp3) is 0.800. The van der Waals surface area contributed by atoms with E-state index in [1.165, 1.54) is 22.3 Å². The third kappa shape index (κ3) is 4.86. The van der Waals surface area contributed by atoms with Crippen LogP contribution in [-0.2, 0) is 19.5 Å². The Morgan fingerprint density at radius 1 is 1.10 bits per heavy atom. The van der Waals surface area contributed by atoms with Gasteiger partial charge in [-0.3, -0.25) is 9.58 Å². The molecule has 0 atom stereocenters. The minimum atomic E-state index is 0.932. The van der Waals surface area contributed by atoms with Crippen molar-refractivity contribution in [2.24, 2.45) is 0 Å². The van der Waals surface area contributed by atoms with Crippen LogP contribution in [0.25, 0.3) is 0 Å². The van der Waals surface area contributed by atoms with Gasteiger partial charge in [-0.2, -0.15) is 5.10 Å². The second-order valence-corrected chi connectivity index (χ2v) is 6.25. The Morgan fingerprint density at radius 2 is 1.80 bits per heavy atom. The lowest BCUT2D eigenvalue weighted by Crippen LogP contribution is -2.32. The molecule has 4 nitrogen and oxygen atoms in total. The van der Waals surface area contributed by atoms with Crippen molar-refractivity contribution in [2.45, 2.75) is 46.7 Å². The van der Waals surface area contributed by atoms with Gasteiger partial charge in [0.25, 0.3) is 0 Å². The summed E-state index contributed by atoms with van der Waals surface area (Å²) in [5.41, 5.74) is 2.49. The van der Waals surface area contributed by atoms with Crippen LogP contribution in [-0.4, -0.2) is 53.3 Å². The van der Waals surface area contributed by atoms with Gasteiger partial charge in [-0.05, 0) is 56.3 Å². The summed E-state index contributed by atoms with van der Waals surface area (Å²) in [5.74, 6) is 0. The summed E-state index contributed by atoms with van der Waals surface area (Å²) in [7, 11) is 4.26. The molecule has 5 heteroatoms. The molecule has 0 aliphatic carbocycles. The van der Waals surface area contributed by atoms with Gasteiger partial charge in [-0.15, -0.1) is 0 Å². The number of nitrogens with zero attached hydrogens (tertiary/aromatic N) is 4. The van der Waals surface area contributed by atoms with Gasteiger partial charge in [0.15, 0.2) is 0 Å². The number of hydrogen-bond acceptors (Lipinski definition) is 3. The molecule has 0 spiro atoms. The second-order valence-electron chi connectivity index (χ2n) is 5.46. The largest absolute Gasteiger partial charge is 0.308 e. The van der Waals surface area contributed by atoms with E-state index in [1.807, 2.05) is 0 Å². The zero-order valence-corrected chi connectivity index (χ0v) is 15.2. The number of likely N-dealkylation sites (N-methyl/N-ethyl adjacent to an activating group) is 1. The first-order valence-corrected chi connectivity index (χ1v) is 8.43. The third-order valence-electron chi connectivity index (χ3n) is 3.47. The molecular formula is C15H29BrN4. The minimum absolute atomic E-state index is 0.932. The maximum absolute atomic E-state index is 4.69. The Hall–Kier alpha value is -0.390. The van der Waals surface area contributed by atoms with Crippen LogP contribution < -0.4 is 0 Å². The van der Waals surface area contributed by atoms with E-state index in [0.29, 0.717) is 0 Å². The van der Waals surface area contributed by atoms with Gasteiger partial charge < -0.3 is 4.90 Å². The molecule has 0 aliphatic heterocycles. The fourth-order valence-corrected chi connectivity index (χ4v) is 3.00. The molecule has 1 aromatic rings. The van der Waals surface area contributed by atoms with Crippen LogP contribution in [0.2, 0.25) is 0 Å². The van der Waals surface area contributed by atoms with Gasteiger partial charge in [0.1, 0.15) is 0 Å². The van der Waals surface area contributed by atoms with Crippen molar-refractivity contribution in [1.29, 1.82) is 0 Å². The molecule has 0 bridgehead atoms. The van der Waals surface area contributed by atoms with E-state index in [4.69, 9.17) is 0 Å². The summed E-state index contributed by atoms with van der Waals surface area (Å²) < 4.78 is 3.34. The zero-order chi connectivity index (χ0) is 15.1. The van der Waals surface area contributed by atoms with E-state index >= 15 is 0 Å². The van der Waals surface area contributed by atoms with Crippen LogP contribution in [0.15, 0.2) is 4.47 Å². The highest BCUT2D eigenvalue weighted by molar-refractivity contribution is 9.10.